The molecule has 0 radical (unpaired) electrons. The highest BCUT2D eigenvalue weighted by Crippen LogP contribution is 2.30. The monoisotopic (exact) mass is 262 g/mol. The van der Waals surface area contributed by atoms with Crippen LogP contribution in [0.3, 0.4) is 0 Å². The standard InChI is InChI=1S/C13H14N2O2S/c1-8(2)11-14-10(13(16)17)12(15-11)18-9-6-4-3-5-7-9/h3-8H,1-2H3,(H,14,15)(H,16,17). The number of aromatic carboxylic acids is 1. The minimum atomic E-state index is -0.979. The highest BCUT2D eigenvalue weighted by Gasteiger charge is 2.18. The molecule has 0 spiro atoms. The number of hydrogen-bond donors (Lipinski definition) is 2. The van der Waals surface area contributed by atoms with Crippen molar-refractivity contribution >= 4 is 17.7 Å². The predicted octanol–water partition coefficient (Wildman–Crippen LogP) is 3.38. The van der Waals surface area contributed by atoms with Crippen molar-refractivity contribution in [3.63, 3.8) is 0 Å². The summed E-state index contributed by atoms with van der Waals surface area (Å²) >= 11 is 1.36. The van der Waals surface area contributed by atoms with E-state index in [1.165, 1.54) is 11.8 Å². The van der Waals surface area contributed by atoms with Crippen LogP contribution in [0.5, 0.6) is 0 Å². The molecular weight excluding hydrogens is 248 g/mol. The van der Waals surface area contributed by atoms with Gasteiger partial charge in [0.25, 0.3) is 0 Å². The molecule has 0 bridgehead atoms. The molecule has 0 aliphatic heterocycles. The fraction of sp³-hybridized carbons (Fsp3) is 0.231. The zero-order valence-corrected chi connectivity index (χ0v) is 11.0. The molecule has 2 aromatic rings. The second-order valence-electron chi connectivity index (χ2n) is 4.18. The summed E-state index contributed by atoms with van der Waals surface area (Å²) in [6.45, 7) is 3.95. The molecule has 1 aromatic carbocycles. The van der Waals surface area contributed by atoms with E-state index in [2.05, 4.69) is 9.97 Å². The van der Waals surface area contributed by atoms with Gasteiger partial charge in [0.15, 0.2) is 5.69 Å². The molecule has 1 aromatic heterocycles. The first-order valence-corrected chi connectivity index (χ1v) is 6.45. The van der Waals surface area contributed by atoms with Crippen LogP contribution in [0.4, 0.5) is 0 Å². The fourth-order valence-corrected chi connectivity index (χ4v) is 2.37. The summed E-state index contributed by atoms with van der Waals surface area (Å²) in [7, 11) is 0. The molecule has 0 fully saturated rings. The van der Waals surface area contributed by atoms with Crippen LogP contribution < -0.4 is 0 Å². The highest BCUT2D eigenvalue weighted by molar-refractivity contribution is 7.99. The third-order valence-electron chi connectivity index (χ3n) is 2.41. The smallest absolute Gasteiger partial charge is 0.355 e. The molecule has 4 nitrogen and oxygen atoms in total. The van der Waals surface area contributed by atoms with Crippen LogP contribution in [0.25, 0.3) is 0 Å². The lowest BCUT2D eigenvalue weighted by molar-refractivity contribution is 0.0687. The molecule has 0 amide bonds. The Morgan fingerprint density at radius 2 is 2.00 bits per heavy atom. The van der Waals surface area contributed by atoms with Crippen molar-refractivity contribution in [3.05, 3.63) is 41.9 Å². The summed E-state index contributed by atoms with van der Waals surface area (Å²) < 4.78 is 0. The lowest BCUT2D eigenvalue weighted by Crippen LogP contribution is -1.99. The van der Waals surface area contributed by atoms with Crippen LogP contribution >= 0.6 is 11.8 Å². The lowest BCUT2D eigenvalue weighted by Gasteiger charge is -1.98. The Balaban J connectivity index is 2.34. The topological polar surface area (TPSA) is 66.0 Å². The van der Waals surface area contributed by atoms with Crippen molar-refractivity contribution in [1.82, 2.24) is 9.97 Å². The van der Waals surface area contributed by atoms with Crippen molar-refractivity contribution in [3.8, 4) is 0 Å². The van der Waals surface area contributed by atoms with Gasteiger partial charge in [-0.25, -0.2) is 9.78 Å². The van der Waals surface area contributed by atoms with Crippen molar-refractivity contribution in [2.45, 2.75) is 29.7 Å². The van der Waals surface area contributed by atoms with Crippen LogP contribution in [-0.2, 0) is 0 Å². The van der Waals surface area contributed by atoms with Crippen molar-refractivity contribution in [2.24, 2.45) is 0 Å². The molecule has 0 saturated heterocycles. The molecule has 2 rings (SSSR count). The van der Waals surface area contributed by atoms with Gasteiger partial charge in [-0.3, -0.25) is 0 Å². The zero-order valence-electron chi connectivity index (χ0n) is 10.2. The maximum atomic E-state index is 11.2. The number of hydrogen-bond acceptors (Lipinski definition) is 3. The van der Waals surface area contributed by atoms with E-state index in [0.717, 1.165) is 4.90 Å². The van der Waals surface area contributed by atoms with E-state index in [4.69, 9.17) is 5.11 Å². The van der Waals surface area contributed by atoms with Gasteiger partial charge in [0, 0.05) is 10.8 Å². The van der Waals surface area contributed by atoms with E-state index < -0.39 is 5.97 Å². The third-order valence-corrected chi connectivity index (χ3v) is 3.40. The SMILES string of the molecule is CC(C)c1nc(Sc2ccccc2)c(C(=O)O)[nH]1. The van der Waals surface area contributed by atoms with Crippen molar-refractivity contribution in [1.29, 1.82) is 0 Å². The minimum absolute atomic E-state index is 0.160. The normalized spacial score (nSPS) is 10.8. The highest BCUT2D eigenvalue weighted by atomic mass is 32.2. The zero-order chi connectivity index (χ0) is 13.1. The van der Waals surface area contributed by atoms with Gasteiger partial charge in [-0.05, 0) is 12.1 Å². The molecule has 0 aliphatic rings. The number of nitrogens with one attached hydrogen (secondary N) is 1. The van der Waals surface area contributed by atoms with E-state index in [-0.39, 0.29) is 11.6 Å². The lowest BCUT2D eigenvalue weighted by atomic mass is 10.2. The molecule has 1 heterocycles. The van der Waals surface area contributed by atoms with Gasteiger partial charge in [-0.2, -0.15) is 0 Å². The molecule has 0 atom stereocenters. The number of benzene rings is 1. The molecule has 0 saturated carbocycles. The second kappa shape index (κ2) is 5.27. The van der Waals surface area contributed by atoms with Gasteiger partial charge in [0.05, 0.1) is 0 Å². The van der Waals surface area contributed by atoms with Gasteiger partial charge >= 0.3 is 5.97 Å². The number of carboxylic acids is 1. The van der Waals surface area contributed by atoms with Gasteiger partial charge < -0.3 is 10.1 Å². The Bertz CT molecular complexity index is 549. The van der Waals surface area contributed by atoms with Crippen molar-refractivity contribution in [2.75, 3.05) is 0 Å². The van der Waals surface area contributed by atoms with Crippen LogP contribution in [0.15, 0.2) is 40.3 Å². The maximum absolute atomic E-state index is 11.2. The number of aromatic nitrogens is 2. The third kappa shape index (κ3) is 2.73. The van der Waals surface area contributed by atoms with Gasteiger partial charge in [-0.15, -0.1) is 0 Å². The number of aromatic amines is 1. The Kier molecular flexibility index (Phi) is 3.72. The number of H-pyrrole nitrogens is 1. The van der Waals surface area contributed by atoms with E-state index in [9.17, 15) is 4.79 Å². The van der Waals surface area contributed by atoms with Gasteiger partial charge in [-0.1, -0.05) is 43.8 Å². The summed E-state index contributed by atoms with van der Waals surface area (Å²) in [6, 6.07) is 9.61. The Labute approximate surface area is 109 Å². The van der Waals surface area contributed by atoms with E-state index in [0.29, 0.717) is 10.9 Å². The maximum Gasteiger partial charge on any atom is 0.355 e. The summed E-state index contributed by atoms with van der Waals surface area (Å²) in [5, 5.41) is 9.67. The first kappa shape index (κ1) is 12.7. The molecular formula is C13H14N2O2S. The summed E-state index contributed by atoms with van der Waals surface area (Å²) in [5.74, 6) is -0.105. The van der Waals surface area contributed by atoms with E-state index >= 15 is 0 Å². The number of nitrogens with zero attached hydrogens (tertiary/aromatic N) is 1. The molecule has 5 heteroatoms. The molecule has 2 N–H and O–H groups in total. The largest absolute Gasteiger partial charge is 0.476 e. The summed E-state index contributed by atoms with van der Waals surface area (Å²) in [4.78, 5) is 19.4. The van der Waals surface area contributed by atoms with Crippen LogP contribution in [-0.4, -0.2) is 21.0 Å². The average molecular weight is 262 g/mol. The average Bonchev–Trinajstić information content (AvgIpc) is 2.74. The summed E-state index contributed by atoms with van der Waals surface area (Å²) in [5.41, 5.74) is 0.160. The number of carboxylic acid groups (broad SMARTS) is 1. The quantitative estimate of drug-likeness (QED) is 0.886. The Morgan fingerprint density at radius 3 is 2.56 bits per heavy atom. The Hall–Kier alpha value is -1.75. The Morgan fingerprint density at radius 1 is 1.33 bits per heavy atom. The van der Waals surface area contributed by atoms with Gasteiger partial charge in [0.2, 0.25) is 0 Å². The number of imidazole rings is 1. The van der Waals surface area contributed by atoms with E-state index in [1.807, 2.05) is 44.2 Å². The van der Waals surface area contributed by atoms with Crippen LogP contribution in [0, 0.1) is 0 Å². The first-order valence-electron chi connectivity index (χ1n) is 5.64. The second-order valence-corrected chi connectivity index (χ2v) is 5.24. The number of rotatable bonds is 4. The first-order chi connectivity index (χ1) is 8.58. The van der Waals surface area contributed by atoms with Crippen LogP contribution in [0.2, 0.25) is 0 Å². The molecule has 0 unspecified atom stereocenters. The number of carbonyl (C=O) groups is 1. The fourth-order valence-electron chi connectivity index (χ4n) is 1.47. The van der Waals surface area contributed by atoms with Crippen molar-refractivity contribution < 1.29 is 9.90 Å². The molecule has 94 valence electrons. The minimum Gasteiger partial charge on any atom is -0.476 e. The summed E-state index contributed by atoms with van der Waals surface area (Å²) in [6.07, 6.45) is 0. The van der Waals surface area contributed by atoms with E-state index in [1.54, 1.807) is 0 Å². The molecule has 18 heavy (non-hydrogen) atoms. The van der Waals surface area contributed by atoms with Gasteiger partial charge in [0.1, 0.15) is 10.9 Å². The predicted molar refractivity (Wildman–Crippen MR) is 70.2 cm³/mol. The molecule has 0 aliphatic carbocycles. The van der Waals surface area contributed by atoms with Crippen LogP contribution in [0.1, 0.15) is 36.1 Å².